The van der Waals surface area contributed by atoms with E-state index in [1.165, 1.54) is 10.1 Å². The number of benzene rings is 1. The van der Waals surface area contributed by atoms with E-state index in [4.69, 9.17) is 4.74 Å². The highest BCUT2D eigenvalue weighted by Crippen LogP contribution is 2.26. The van der Waals surface area contributed by atoms with E-state index >= 15 is 0 Å². The number of aromatic nitrogens is 3. The highest BCUT2D eigenvalue weighted by molar-refractivity contribution is 6.05. The molecule has 1 aromatic carbocycles. The number of rotatable bonds is 8. The molecule has 1 aliphatic heterocycles. The van der Waals surface area contributed by atoms with Gasteiger partial charge in [-0.05, 0) is 75.1 Å². The second kappa shape index (κ2) is 11.1. The Kier molecular flexibility index (Phi) is 7.91. The second-order valence-electron chi connectivity index (χ2n) is 9.80. The Balaban J connectivity index is 1.49. The van der Waals surface area contributed by atoms with Crippen molar-refractivity contribution in [3.63, 3.8) is 0 Å². The number of likely N-dealkylation sites (tertiary alicyclic amines) is 1. The Labute approximate surface area is 211 Å². The quantitative estimate of drug-likeness (QED) is 0.510. The van der Waals surface area contributed by atoms with Gasteiger partial charge >= 0.3 is 5.69 Å². The molecule has 0 bridgehead atoms. The highest BCUT2D eigenvalue weighted by atomic mass is 16.5. The standard InChI is InChI=1S/C28H36N4O4/c1-5-32-25-24(26(33)30-28(32)35)22(17-23(29-25)18(3)4)27(34)31-15-13-20(14-16-31)8-7-19-9-11-21(12-10-19)36-6-2/h9-12,17-18,20H,5-8,13-16H2,1-4H3,(H,30,33,35). The van der Waals surface area contributed by atoms with Gasteiger partial charge in [-0.25, -0.2) is 9.78 Å². The number of pyridine rings is 1. The summed E-state index contributed by atoms with van der Waals surface area (Å²) in [5.74, 6) is 1.33. The molecule has 1 fully saturated rings. The number of aryl methyl sites for hydroxylation is 2. The van der Waals surface area contributed by atoms with Gasteiger partial charge in [0.05, 0.1) is 17.6 Å². The highest BCUT2D eigenvalue weighted by Gasteiger charge is 2.27. The van der Waals surface area contributed by atoms with E-state index in [0.717, 1.165) is 31.4 Å². The molecule has 1 N–H and O–H groups in total. The van der Waals surface area contributed by atoms with Crippen LogP contribution in [0.4, 0.5) is 0 Å². The molecule has 0 saturated carbocycles. The number of ether oxygens (including phenoxy) is 1. The van der Waals surface area contributed by atoms with Gasteiger partial charge in [0.2, 0.25) is 0 Å². The van der Waals surface area contributed by atoms with E-state index in [1.807, 2.05) is 44.7 Å². The van der Waals surface area contributed by atoms with Crippen LogP contribution in [0.2, 0.25) is 0 Å². The van der Waals surface area contributed by atoms with Crippen molar-refractivity contribution in [2.45, 2.75) is 65.8 Å². The summed E-state index contributed by atoms with van der Waals surface area (Å²) < 4.78 is 6.94. The maximum Gasteiger partial charge on any atom is 0.329 e. The van der Waals surface area contributed by atoms with Gasteiger partial charge in [-0.15, -0.1) is 0 Å². The maximum atomic E-state index is 13.6. The predicted octanol–water partition coefficient (Wildman–Crippen LogP) is 4.11. The topological polar surface area (TPSA) is 97.3 Å². The SMILES string of the molecule is CCOc1ccc(CCC2CCN(C(=O)c3cc(C(C)C)nc4c3c(=O)[nH]c(=O)n4CC)CC2)cc1. The average Bonchev–Trinajstić information content (AvgIpc) is 2.88. The monoisotopic (exact) mass is 492 g/mol. The fraction of sp³-hybridized carbons (Fsp3) is 0.500. The molecule has 192 valence electrons. The molecular weight excluding hydrogens is 456 g/mol. The number of carbonyl (C=O) groups excluding carboxylic acids is 1. The van der Waals surface area contributed by atoms with Crippen LogP contribution in [-0.2, 0) is 13.0 Å². The summed E-state index contributed by atoms with van der Waals surface area (Å²) in [4.78, 5) is 47.6. The molecule has 1 amide bonds. The van der Waals surface area contributed by atoms with Crippen LogP contribution < -0.4 is 16.0 Å². The first-order chi connectivity index (χ1) is 17.3. The van der Waals surface area contributed by atoms with E-state index in [0.29, 0.717) is 43.4 Å². The zero-order valence-electron chi connectivity index (χ0n) is 21.7. The molecule has 4 rings (SSSR count). The summed E-state index contributed by atoms with van der Waals surface area (Å²) in [5, 5.41) is 0.198. The lowest BCUT2D eigenvalue weighted by Crippen LogP contribution is -2.40. The number of H-pyrrole nitrogens is 1. The lowest BCUT2D eigenvalue weighted by Gasteiger charge is -2.32. The summed E-state index contributed by atoms with van der Waals surface area (Å²) >= 11 is 0. The zero-order valence-corrected chi connectivity index (χ0v) is 21.7. The van der Waals surface area contributed by atoms with E-state index in [9.17, 15) is 14.4 Å². The first-order valence-electron chi connectivity index (χ1n) is 13.0. The minimum Gasteiger partial charge on any atom is -0.494 e. The molecule has 1 aliphatic rings. The van der Waals surface area contributed by atoms with Gasteiger partial charge < -0.3 is 9.64 Å². The molecule has 2 aromatic heterocycles. The van der Waals surface area contributed by atoms with Crippen LogP contribution in [0.25, 0.3) is 11.0 Å². The molecular formula is C28H36N4O4. The normalized spacial score (nSPS) is 14.5. The molecule has 1 saturated heterocycles. The number of aromatic amines is 1. The number of piperidine rings is 1. The molecule has 0 aliphatic carbocycles. The molecule has 36 heavy (non-hydrogen) atoms. The largest absolute Gasteiger partial charge is 0.494 e. The molecule has 3 heterocycles. The van der Waals surface area contributed by atoms with Crippen molar-refractivity contribution in [3.05, 3.63) is 68.0 Å². The molecule has 0 radical (unpaired) electrons. The minimum absolute atomic E-state index is 0.0500. The van der Waals surface area contributed by atoms with Gasteiger partial charge in [0.15, 0.2) is 5.65 Å². The summed E-state index contributed by atoms with van der Waals surface area (Å²) in [6, 6.07) is 10.0. The van der Waals surface area contributed by atoms with Crippen LogP contribution in [0, 0.1) is 5.92 Å². The fourth-order valence-electron chi connectivity index (χ4n) is 4.94. The van der Waals surface area contributed by atoms with E-state index in [2.05, 4.69) is 22.1 Å². The van der Waals surface area contributed by atoms with Crippen molar-refractivity contribution in [2.75, 3.05) is 19.7 Å². The lowest BCUT2D eigenvalue weighted by atomic mass is 9.90. The van der Waals surface area contributed by atoms with E-state index in [1.54, 1.807) is 6.07 Å². The van der Waals surface area contributed by atoms with Crippen LogP contribution in [0.5, 0.6) is 5.75 Å². The van der Waals surface area contributed by atoms with Crippen LogP contribution >= 0.6 is 0 Å². The van der Waals surface area contributed by atoms with Crippen molar-refractivity contribution < 1.29 is 9.53 Å². The Hall–Kier alpha value is -3.42. The van der Waals surface area contributed by atoms with Crippen molar-refractivity contribution in [2.24, 2.45) is 5.92 Å². The molecule has 0 atom stereocenters. The maximum absolute atomic E-state index is 13.6. The molecule has 8 nitrogen and oxygen atoms in total. The summed E-state index contributed by atoms with van der Waals surface area (Å²) in [5.41, 5.74) is 1.54. The predicted molar refractivity (Wildman–Crippen MR) is 141 cm³/mol. The zero-order chi connectivity index (χ0) is 25.8. The second-order valence-corrected chi connectivity index (χ2v) is 9.80. The van der Waals surface area contributed by atoms with Crippen LogP contribution in [0.15, 0.2) is 39.9 Å². The number of fused-ring (bicyclic) bond motifs is 1. The first kappa shape index (κ1) is 25.7. The Morgan fingerprint density at radius 3 is 2.44 bits per heavy atom. The van der Waals surface area contributed by atoms with Gasteiger partial charge in [0.25, 0.3) is 11.5 Å². The van der Waals surface area contributed by atoms with Crippen molar-refractivity contribution in [3.8, 4) is 5.75 Å². The van der Waals surface area contributed by atoms with Crippen molar-refractivity contribution >= 4 is 16.9 Å². The molecule has 0 spiro atoms. The number of amides is 1. The van der Waals surface area contributed by atoms with Crippen molar-refractivity contribution in [1.82, 2.24) is 19.4 Å². The van der Waals surface area contributed by atoms with Crippen LogP contribution in [-0.4, -0.2) is 45.0 Å². The molecule has 3 aromatic rings. The van der Waals surface area contributed by atoms with Gasteiger partial charge in [-0.1, -0.05) is 26.0 Å². The van der Waals surface area contributed by atoms with Crippen molar-refractivity contribution in [1.29, 1.82) is 0 Å². The summed E-state index contributed by atoms with van der Waals surface area (Å²) in [7, 11) is 0. The van der Waals surface area contributed by atoms with Gasteiger partial charge in [0, 0.05) is 25.3 Å². The smallest absolute Gasteiger partial charge is 0.329 e. The number of nitrogens with one attached hydrogen (secondary N) is 1. The van der Waals surface area contributed by atoms with Crippen LogP contribution in [0.3, 0.4) is 0 Å². The number of carbonyl (C=O) groups is 1. The van der Waals surface area contributed by atoms with Crippen LogP contribution in [0.1, 0.15) is 74.5 Å². The third-order valence-corrected chi connectivity index (χ3v) is 7.08. The summed E-state index contributed by atoms with van der Waals surface area (Å²) in [6.07, 6.45) is 3.94. The third kappa shape index (κ3) is 5.37. The minimum atomic E-state index is -0.559. The lowest BCUT2D eigenvalue weighted by molar-refractivity contribution is 0.0688. The Morgan fingerprint density at radius 1 is 1.14 bits per heavy atom. The first-order valence-corrected chi connectivity index (χ1v) is 13.0. The Bertz CT molecular complexity index is 1330. The molecule has 0 unspecified atom stereocenters. The Morgan fingerprint density at radius 2 is 1.83 bits per heavy atom. The fourth-order valence-corrected chi connectivity index (χ4v) is 4.94. The molecule has 8 heteroatoms. The summed E-state index contributed by atoms with van der Waals surface area (Å²) in [6.45, 7) is 10.1. The van der Waals surface area contributed by atoms with E-state index < -0.39 is 11.2 Å². The van der Waals surface area contributed by atoms with Gasteiger partial charge in [0.1, 0.15) is 5.75 Å². The average molecular weight is 493 g/mol. The number of hydrogen-bond donors (Lipinski definition) is 1. The van der Waals surface area contributed by atoms with Gasteiger partial charge in [-0.2, -0.15) is 0 Å². The third-order valence-electron chi connectivity index (χ3n) is 7.08. The van der Waals surface area contributed by atoms with Gasteiger partial charge in [-0.3, -0.25) is 19.1 Å². The number of nitrogens with zero attached hydrogens (tertiary/aromatic N) is 3. The number of hydrogen-bond acceptors (Lipinski definition) is 5. The van der Waals surface area contributed by atoms with E-state index in [-0.39, 0.29) is 22.9 Å².